The second-order valence-electron chi connectivity index (χ2n) is 5.25. The molecular formula is C17H16N4O2. The first-order valence-electron chi connectivity index (χ1n) is 7.15. The summed E-state index contributed by atoms with van der Waals surface area (Å²) in [7, 11) is 0. The predicted octanol–water partition coefficient (Wildman–Crippen LogP) is 1.94. The monoisotopic (exact) mass is 308 g/mol. The van der Waals surface area contributed by atoms with Crippen LogP contribution in [-0.4, -0.2) is 21.4 Å². The van der Waals surface area contributed by atoms with Gasteiger partial charge in [-0.3, -0.25) is 19.1 Å². The van der Waals surface area contributed by atoms with Crippen molar-refractivity contribution < 1.29 is 9.59 Å². The first kappa shape index (κ1) is 14.8. The molecule has 0 aliphatic carbocycles. The van der Waals surface area contributed by atoms with Gasteiger partial charge in [-0.1, -0.05) is 0 Å². The third kappa shape index (κ3) is 3.06. The molecule has 2 aromatic heterocycles. The lowest BCUT2D eigenvalue weighted by molar-refractivity contribution is -0.119. The average molecular weight is 308 g/mol. The van der Waals surface area contributed by atoms with E-state index in [0.29, 0.717) is 23.5 Å². The fourth-order valence-electron chi connectivity index (χ4n) is 2.40. The highest BCUT2D eigenvalue weighted by molar-refractivity contribution is 6.02. The number of pyridine rings is 1. The maximum absolute atomic E-state index is 12.7. The van der Waals surface area contributed by atoms with E-state index in [9.17, 15) is 9.59 Å². The molecular weight excluding hydrogens is 292 g/mol. The van der Waals surface area contributed by atoms with Crippen LogP contribution >= 0.6 is 0 Å². The predicted molar refractivity (Wildman–Crippen MR) is 87.8 cm³/mol. The first-order chi connectivity index (χ1) is 11.0. The van der Waals surface area contributed by atoms with Crippen molar-refractivity contribution in [2.45, 2.75) is 13.5 Å². The minimum atomic E-state index is -0.156. The fraction of sp³-hybridized carbons (Fsp3) is 0.118. The molecule has 2 heterocycles. The number of rotatable bonds is 3. The molecule has 0 spiro atoms. The molecule has 0 radical (unpaired) electrons. The van der Waals surface area contributed by atoms with Crippen molar-refractivity contribution in [2.75, 3.05) is 5.73 Å². The van der Waals surface area contributed by atoms with Crippen LogP contribution in [0.5, 0.6) is 0 Å². The zero-order valence-electron chi connectivity index (χ0n) is 12.6. The Balaban J connectivity index is 1.93. The number of nitrogens with two attached hydrogens (primary N) is 1. The van der Waals surface area contributed by atoms with Crippen molar-refractivity contribution in [3.8, 4) is 0 Å². The molecule has 0 aliphatic heterocycles. The molecule has 0 saturated carbocycles. The molecule has 0 saturated heterocycles. The number of fused-ring (bicyclic) bond motifs is 1. The van der Waals surface area contributed by atoms with Crippen LogP contribution in [0, 0.1) is 0 Å². The highest BCUT2D eigenvalue weighted by Gasteiger charge is 2.12. The Hall–Kier alpha value is -3.15. The fourth-order valence-corrected chi connectivity index (χ4v) is 2.40. The number of carbonyl (C=O) groups is 2. The Bertz CT molecular complexity index is 898. The summed E-state index contributed by atoms with van der Waals surface area (Å²) in [5, 5.41) is 3.57. The lowest BCUT2D eigenvalue weighted by Gasteiger charge is -2.07. The minimum Gasteiger partial charge on any atom is -0.399 e. The SMILES string of the molecule is CC(=O)NCc1cc(C(=O)n2ccc3cc(N)ccc32)ccn1. The lowest BCUT2D eigenvalue weighted by Crippen LogP contribution is -2.20. The molecule has 3 rings (SSSR count). The van der Waals surface area contributed by atoms with E-state index < -0.39 is 0 Å². The van der Waals surface area contributed by atoms with Crippen LogP contribution in [0.1, 0.15) is 23.0 Å². The molecule has 23 heavy (non-hydrogen) atoms. The smallest absolute Gasteiger partial charge is 0.262 e. The zero-order valence-corrected chi connectivity index (χ0v) is 12.6. The summed E-state index contributed by atoms with van der Waals surface area (Å²) in [6.45, 7) is 1.73. The standard InChI is InChI=1S/C17H16N4O2/c1-11(22)20-10-15-9-13(4-6-19-15)17(23)21-7-5-12-8-14(18)2-3-16(12)21/h2-9H,10,18H2,1H3,(H,20,22). The van der Waals surface area contributed by atoms with Crippen LogP contribution in [0.25, 0.3) is 10.9 Å². The van der Waals surface area contributed by atoms with E-state index in [1.165, 1.54) is 6.92 Å². The number of nitrogen functional groups attached to an aromatic ring is 1. The molecule has 1 aromatic carbocycles. The molecule has 0 bridgehead atoms. The van der Waals surface area contributed by atoms with E-state index in [4.69, 9.17) is 5.73 Å². The van der Waals surface area contributed by atoms with E-state index in [2.05, 4.69) is 10.3 Å². The molecule has 0 atom stereocenters. The molecule has 0 unspecified atom stereocenters. The molecule has 0 fully saturated rings. The van der Waals surface area contributed by atoms with E-state index in [0.717, 1.165) is 10.9 Å². The van der Waals surface area contributed by atoms with Gasteiger partial charge in [0.2, 0.25) is 5.91 Å². The van der Waals surface area contributed by atoms with Crippen LogP contribution in [0.4, 0.5) is 5.69 Å². The second kappa shape index (κ2) is 5.92. The molecule has 0 aliphatic rings. The Labute approximate surface area is 132 Å². The Morgan fingerprint density at radius 2 is 2.04 bits per heavy atom. The highest BCUT2D eigenvalue weighted by atomic mass is 16.2. The zero-order chi connectivity index (χ0) is 16.4. The van der Waals surface area contributed by atoms with Gasteiger partial charge >= 0.3 is 0 Å². The van der Waals surface area contributed by atoms with E-state index in [-0.39, 0.29) is 11.8 Å². The number of nitrogens with zero attached hydrogens (tertiary/aromatic N) is 2. The van der Waals surface area contributed by atoms with Crippen molar-refractivity contribution in [3.63, 3.8) is 0 Å². The van der Waals surface area contributed by atoms with Crippen molar-refractivity contribution in [1.29, 1.82) is 0 Å². The Morgan fingerprint density at radius 1 is 1.22 bits per heavy atom. The highest BCUT2D eigenvalue weighted by Crippen LogP contribution is 2.20. The van der Waals surface area contributed by atoms with Gasteiger partial charge in [-0.25, -0.2) is 0 Å². The van der Waals surface area contributed by atoms with Gasteiger partial charge in [-0.05, 0) is 36.4 Å². The molecule has 6 heteroatoms. The second-order valence-corrected chi connectivity index (χ2v) is 5.25. The van der Waals surface area contributed by atoms with Gasteiger partial charge in [0, 0.05) is 36.0 Å². The lowest BCUT2D eigenvalue weighted by atomic mass is 10.2. The van der Waals surface area contributed by atoms with Gasteiger partial charge in [0.05, 0.1) is 17.8 Å². The van der Waals surface area contributed by atoms with Gasteiger partial charge in [-0.2, -0.15) is 0 Å². The van der Waals surface area contributed by atoms with Crippen LogP contribution in [0.15, 0.2) is 48.8 Å². The summed E-state index contributed by atoms with van der Waals surface area (Å²) in [5.41, 5.74) is 8.35. The molecule has 3 N–H and O–H groups in total. The van der Waals surface area contributed by atoms with E-state index in [1.54, 1.807) is 35.2 Å². The van der Waals surface area contributed by atoms with Gasteiger partial charge in [0.15, 0.2) is 0 Å². The molecule has 6 nitrogen and oxygen atoms in total. The number of amides is 1. The normalized spacial score (nSPS) is 10.7. The van der Waals surface area contributed by atoms with Gasteiger partial charge in [0.1, 0.15) is 0 Å². The third-order valence-corrected chi connectivity index (χ3v) is 3.52. The van der Waals surface area contributed by atoms with Crippen molar-refractivity contribution in [3.05, 3.63) is 60.0 Å². The van der Waals surface area contributed by atoms with Crippen molar-refractivity contribution >= 4 is 28.4 Å². The van der Waals surface area contributed by atoms with Gasteiger partial charge in [-0.15, -0.1) is 0 Å². The summed E-state index contributed by atoms with van der Waals surface area (Å²) in [5.74, 6) is -0.297. The number of carbonyl (C=O) groups excluding carboxylic acids is 2. The number of nitrogens with one attached hydrogen (secondary N) is 1. The topological polar surface area (TPSA) is 90.0 Å². The average Bonchev–Trinajstić information content (AvgIpc) is 2.95. The summed E-state index contributed by atoms with van der Waals surface area (Å²) >= 11 is 0. The van der Waals surface area contributed by atoms with Crippen LogP contribution in [-0.2, 0) is 11.3 Å². The summed E-state index contributed by atoms with van der Waals surface area (Å²) in [6.07, 6.45) is 3.29. The number of benzene rings is 1. The molecule has 1 amide bonds. The summed E-state index contributed by atoms with van der Waals surface area (Å²) < 4.78 is 1.58. The van der Waals surface area contributed by atoms with E-state index in [1.807, 2.05) is 18.2 Å². The van der Waals surface area contributed by atoms with Crippen LogP contribution in [0.3, 0.4) is 0 Å². The summed E-state index contributed by atoms with van der Waals surface area (Å²) in [4.78, 5) is 27.8. The Kier molecular flexibility index (Phi) is 3.80. The van der Waals surface area contributed by atoms with Gasteiger partial charge < -0.3 is 11.1 Å². The van der Waals surface area contributed by atoms with Crippen LogP contribution < -0.4 is 11.1 Å². The Morgan fingerprint density at radius 3 is 2.83 bits per heavy atom. The molecule has 3 aromatic rings. The third-order valence-electron chi connectivity index (χ3n) is 3.52. The number of hydrogen-bond donors (Lipinski definition) is 2. The number of hydrogen-bond acceptors (Lipinski definition) is 4. The van der Waals surface area contributed by atoms with Gasteiger partial charge in [0.25, 0.3) is 5.91 Å². The maximum Gasteiger partial charge on any atom is 0.262 e. The molecule has 116 valence electrons. The number of aromatic nitrogens is 2. The first-order valence-corrected chi connectivity index (χ1v) is 7.15. The largest absolute Gasteiger partial charge is 0.399 e. The van der Waals surface area contributed by atoms with Crippen molar-refractivity contribution in [1.82, 2.24) is 14.9 Å². The summed E-state index contributed by atoms with van der Waals surface area (Å²) in [6, 6.07) is 10.6. The van der Waals surface area contributed by atoms with Crippen molar-refractivity contribution in [2.24, 2.45) is 0 Å². The number of anilines is 1. The quantitative estimate of drug-likeness (QED) is 0.724. The van der Waals surface area contributed by atoms with E-state index >= 15 is 0 Å². The minimum absolute atomic E-state index is 0.141. The van der Waals surface area contributed by atoms with Crippen LogP contribution in [0.2, 0.25) is 0 Å². The maximum atomic E-state index is 12.7.